The largest absolute Gasteiger partial charge is 0.507 e. The Balaban J connectivity index is 1.70. The average Bonchev–Trinajstić information content (AvgIpc) is 3.09. The van der Waals surface area contributed by atoms with Crippen LogP contribution in [-0.2, 0) is 0 Å². The van der Waals surface area contributed by atoms with E-state index in [2.05, 4.69) is 38.0 Å². The van der Waals surface area contributed by atoms with Crippen LogP contribution in [0.2, 0.25) is 0 Å². The molecule has 0 fully saturated rings. The minimum Gasteiger partial charge on any atom is -0.507 e. The van der Waals surface area contributed by atoms with Gasteiger partial charge in [0.25, 0.3) is 0 Å². The van der Waals surface area contributed by atoms with Gasteiger partial charge in [-0.15, -0.1) is 11.3 Å². The number of hydrogen-bond acceptors (Lipinski definition) is 6. The lowest BCUT2D eigenvalue weighted by molar-refractivity contribution is 0.474. The minimum atomic E-state index is 0.182. The first-order valence-corrected chi connectivity index (χ1v) is 8.55. The summed E-state index contributed by atoms with van der Waals surface area (Å²) in [6.45, 7) is 0. The second-order valence-electron chi connectivity index (χ2n) is 5.35. The summed E-state index contributed by atoms with van der Waals surface area (Å²) in [4.78, 5) is 9.57. The molecular weight excluding hydrogens is 332 g/mol. The topological polar surface area (TPSA) is 70.4 Å². The van der Waals surface area contributed by atoms with Crippen molar-refractivity contribution in [3.63, 3.8) is 0 Å². The van der Waals surface area contributed by atoms with Crippen molar-refractivity contribution in [1.29, 1.82) is 0 Å². The van der Waals surface area contributed by atoms with Crippen LogP contribution in [0.4, 0.5) is 5.82 Å². The summed E-state index contributed by atoms with van der Waals surface area (Å²) in [5.74, 6) is 0.818. The maximum Gasteiger partial charge on any atom is 0.159 e. The van der Waals surface area contributed by atoms with Crippen LogP contribution in [0.5, 0.6) is 5.75 Å². The predicted molar refractivity (Wildman–Crippen MR) is 102 cm³/mol. The quantitative estimate of drug-likeness (QED) is 0.421. The number of hydrazone groups is 1. The fourth-order valence-electron chi connectivity index (χ4n) is 2.55. The van der Waals surface area contributed by atoms with E-state index in [0.717, 1.165) is 21.3 Å². The first kappa shape index (κ1) is 15.3. The van der Waals surface area contributed by atoms with Gasteiger partial charge in [0.1, 0.15) is 16.9 Å². The van der Waals surface area contributed by atoms with E-state index in [9.17, 15) is 5.11 Å². The van der Waals surface area contributed by atoms with Crippen molar-refractivity contribution < 1.29 is 5.11 Å². The van der Waals surface area contributed by atoms with Gasteiger partial charge in [0, 0.05) is 16.5 Å². The molecule has 0 unspecified atom stereocenters. The van der Waals surface area contributed by atoms with Gasteiger partial charge in [-0.3, -0.25) is 5.43 Å². The smallest absolute Gasteiger partial charge is 0.159 e. The summed E-state index contributed by atoms with van der Waals surface area (Å²) in [5, 5.41) is 17.0. The Kier molecular flexibility index (Phi) is 4.10. The number of nitrogens with zero attached hydrogens (tertiary/aromatic N) is 3. The molecule has 25 heavy (non-hydrogen) atoms. The highest BCUT2D eigenvalue weighted by molar-refractivity contribution is 7.17. The molecule has 2 aromatic heterocycles. The van der Waals surface area contributed by atoms with E-state index in [1.54, 1.807) is 35.8 Å². The van der Waals surface area contributed by atoms with E-state index < -0.39 is 0 Å². The van der Waals surface area contributed by atoms with Gasteiger partial charge < -0.3 is 5.11 Å². The Morgan fingerprint density at radius 1 is 1.00 bits per heavy atom. The number of phenols is 1. The zero-order valence-electron chi connectivity index (χ0n) is 13.1. The van der Waals surface area contributed by atoms with Crippen LogP contribution in [0, 0.1) is 0 Å². The predicted octanol–water partition coefficient (Wildman–Crippen LogP) is 4.51. The molecule has 5 nitrogen and oxygen atoms in total. The van der Waals surface area contributed by atoms with E-state index in [-0.39, 0.29) is 5.75 Å². The summed E-state index contributed by atoms with van der Waals surface area (Å²) < 4.78 is 0. The summed E-state index contributed by atoms with van der Waals surface area (Å²) in [6.07, 6.45) is 3.09. The fraction of sp³-hybridized carbons (Fsp3) is 0. The lowest BCUT2D eigenvalue weighted by Crippen LogP contribution is -1.95. The molecular formula is C19H14N4OS. The highest BCUT2D eigenvalue weighted by Gasteiger charge is 2.12. The third kappa shape index (κ3) is 3.07. The summed E-state index contributed by atoms with van der Waals surface area (Å²) in [7, 11) is 0. The normalized spacial score (nSPS) is 11.2. The van der Waals surface area contributed by atoms with Crippen molar-refractivity contribution in [3.05, 3.63) is 71.9 Å². The number of thiophene rings is 1. The van der Waals surface area contributed by atoms with Crippen LogP contribution in [0.3, 0.4) is 0 Å². The Morgan fingerprint density at radius 2 is 1.80 bits per heavy atom. The number of aromatic hydroxyl groups is 1. The van der Waals surface area contributed by atoms with Gasteiger partial charge in [-0.2, -0.15) is 5.10 Å². The van der Waals surface area contributed by atoms with Crippen molar-refractivity contribution in [1.82, 2.24) is 9.97 Å². The lowest BCUT2D eigenvalue weighted by atomic mass is 10.1. The van der Waals surface area contributed by atoms with Crippen LogP contribution in [0.1, 0.15) is 5.56 Å². The number of benzene rings is 2. The molecule has 2 N–H and O–H groups in total. The number of hydrogen-bond donors (Lipinski definition) is 2. The van der Waals surface area contributed by atoms with Gasteiger partial charge >= 0.3 is 0 Å². The monoisotopic (exact) mass is 346 g/mol. The molecule has 0 saturated carbocycles. The summed E-state index contributed by atoms with van der Waals surface area (Å²) in [6, 6.07) is 17.1. The molecule has 0 amide bonds. The minimum absolute atomic E-state index is 0.182. The van der Waals surface area contributed by atoms with Crippen molar-refractivity contribution in [2.75, 3.05) is 5.43 Å². The molecule has 6 heteroatoms. The first-order valence-electron chi connectivity index (χ1n) is 7.67. The molecule has 0 aliphatic carbocycles. The third-order valence-electron chi connectivity index (χ3n) is 3.77. The SMILES string of the molecule is Oc1ccccc1C=NNc1ncnc2scc(-c3ccccc3)c12. The van der Waals surface area contributed by atoms with Gasteiger partial charge in [0.15, 0.2) is 5.82 Å². The number of para-hydroxylation sites is 1. The Morgan fingerprint density at radius 3 is 2.64 bits per heavy atom. The van der Waals surface area contributed by atoms with E-state index in [1.165, 1.54) is 6.33 Å². The lowest BCUT2D eigenvalue weighted by Gasteiger charge is -2.04. The standard InChI is InChI=1S/C19H14N4OS/c24-16-9-5-4-8-14(16)10-22-23-18-17-15(13-6-2-1-3-7-13)11-25-19(17)21-12-20-18/h1-12,24H,(H,20,21,23). The molecule has 0 aliphatic heterocycles. The van der Waals surface area contributed by atoms with E-state index in [0.29, 0.717) is 11.4 Å². The van der Waals surface area contributed by atoms with E-state index >= 15 is 0 Å². The Bertz CT molecular complexity index is 1040. The van der Waals surface area contributed by atoms with Gasteiger partial charge in [-0.05, 0) is 17.7 Å². The van der Waals surface area contributed by atoms with E-state index in [1.807, 2.05) is 24.3 Å². The number of nitrogens with one attached hydrogen (secondary N) is 1. The average molecular weight is 346 g/mol. The highest BCUT2D eigenvalue weighted by atomic mass is 32.1. The summed E-state index contributed by atoms with van der Waals surface area (Å²) >= 11 is 1.57. The third-order valence-corrected chi connectivity index (χ3v) is 4.65. The maximum atomic E-state index is 9.80. The van der Waals surface area contributed by atoms with Gasteiger partial charge in [-0.1, -0.05) is 42.5 Å². The molecule has 0 atom stereocenters. The number of phenolic OH excluding ortho intramolecular Hbond substituents is 1. The van der Waals surface area contributed by atoms with Crippen LogP contribution >= 0.6 is 11.3 Å². The maximum absolute atomic E-state index is 9.80. The first-order chi connectivity index (χ1) is 12.3. The van der Waals surface area contributed by atoms with Crippen LogP contribution in [-0.4, -0.2) is 21.3 Å². The number of aromatic nitrogens is 2. The van der Waals surface area contributed by atoms with Crippen molar-refractivity contribution in [3.8, 4) is 16.9 Å². The number of anilines is 1. The second kappa shape index (κ2) is 6.70. The molecule has 2 aromatic carbocycles. The van der Waals surface area contributed by atoms with Crippen LogP contribution in [0.25, 0.3) is 21.3 Å². The van der Waals surface area contributed by atoms with Crippen LogP contribution < -0.4 is 5.43 Å². The molecule has 4 aromatic rings. The molecule has 0 saturated heterocycles. The number of rotatable bonds is 4. The molecule has 0 spiro atoms. The number of fused-ring (bicyclic) bond motifs is 1. The molecule has 2 heterocycles. The van der Waals surface area contributed by atoms with Gasteiger partial charge in [0.2, 0.25) is 0 Å². The Hall–Kier alpha value is -3.25. The molecule has 0 aliphatic rings. The summed E-state index contributed by atoms with van der Waals surface area (Å²) in [5.41, 5.74) is 5.79. The molecule has 122 valence electrons. The van der Waals surface area contributed by atoms with Crippen molar-refractivity contribution in [2.24, 2.45) is 5.10 Å². The van der Waals surface area contributed by atoms with Crippen molar-refractivity contribution in [2.45, 2.75) is 0 Å². The molecule has 4 rings (SSSR count). The molecule has 0 radical (unpaired) electrons. The van der Waals surface area contributed by atoms with Crippen LogP contribution in [0.15, 0.2) is 71.4 Å². The zero-order valence-corrected chi connectivity index (χ0v) is 13.9. The highest BCUT2D eigenvalue weighted by Crippen LogP contribution is 2.36. The van der Waals surface area contributed by atoms with Crippen molar-refractivity contribution >= 4 is 33.6 Å². The molecule has 0 bridgehead atoms. The Labute approximate surface area is 148 Å². The fourth-order valence-corrected chi connectivity index (χ4v) is 3.47. The van der Waals surface area contributed by atoms with E-state index in [4.69, 9.17) is 0 Å². The van der Waals surface area contributed by atoms with Gasteiger partial charge in [0.05, 0.1) is 11.6 Å². The van der Waals surface area contributed by atoms with Gasteiger partial charge in [-0.25, -0.2) is 9.97 Å². The second-order valence-corrected chi connectivity index (χ2v) is 6.20. The zero-order chi connectivity index (χ0) is 17.1.